The Bertz CT molecular complexity index is 651. The first kappa shape index (κ1) is 13.6. The zero-order chi connectivity index (χ0) is 13.7. The molecular formula is C14H16N2O2S. The zero-order valence-electron chi connectivity index (χ0n) is 10.9. The molecule has 0 aliphatic heterocycles. The first-order valence-corrected chi connectivity index (χ1v) is 7.11. The smallest absolute Gasteiger partial charge is 0.349 e. The van der Waals surface area contributed by atoms with E-state index in [-0.39, 0.29) is 5.63 Å². The van der Waals surface area contributed by atoms with Gasteiger partial charge in [0.05, 0.1) is 5.39 Å². The summed E-state index contributed by atoms with van der Waals surface area (Å²) in [4.78, 5) is 17.8. The summed E-state index contributed by atoms with van der Waals surface area (Å²) < 4.78 is 5.13. The Hall–Kier alpha value is -1.80. The summed E-state index contributed by atoms with van der Waals surface area (Å²) in [5.74, 6) is 2.61. The Kier molecular flexibility index (Phi) is 4.58. The summed E-state index contributed by atoms with van der Waals surface area (Å²) in [5.41, 5.74) is -0.329. The highest BCUT2D eigenvalue weighted by Crippen LogP contribution is 2.21. The number of unbranched alkanes of at least 4 members (excludes halogenated alkanes) is 3. The third-order valence-electron chi connectivity index (χ3n) is 2.72. The highest BCUT2D eigenvalue weighted by Gasteiger charge is 2.08. The molecule has 0 saturated carbocycles. The van der Waals surface area contributed by atoms with Crippen LogP contribution in [0, 0.1) is 19.3 Å². The van der Waals surface area contributed by atoms with Crippen molar-refractivity contribution in [3.63, 3.8) is 0 Å². The molecule has 0 fully saturated rings. The summed E-state index contributed by atoms with van der Waals surface area (Å²) in [7, 11) is 0. The Labute approximate surface area is 115 Å². The molecule has 0 bridgehead atoms. The number of rotatable bonds is 6. The van der Waals surface area contributed by atoms with Gasteiger partial charge in [0.2, 0.25) is 0 Å². The molecule has 0 saturated heterocycles. The molecule has 0 aliphatic rings. The van der Waals surface area contributed by atoms with E-state index in [1.165, 1.54) is 11.3 Å². The Balaban J connectivity index is 1.94. The van der Waals surface area contributed by atoms with Crippen LogP contribution >= 0.6 is 11.3 Å². The minimum Gasteiger partial charge on any atom is -0.389 e. The van der Waals surface area contributed by atoms with Crippen molar-refractivity contribution in [3.05, 3.63) is 21.4 Å². The second-order valence-corrected chi connectivity index (χ2v) is 5.56. The number of aromatic nitrogens is 1. The van der Waals surface area contributed by atoms with Crippen molar-refractivity contribution < 1.29 is 4.42 Å². The van der Waals surface area contributed by atoms with Gasteiger partial charge in [-0.15, -0.1) is 23.7 Å². The van der Waals surface area contributed by atoms with E-state index >= 15 is 0 Å². The summed E-state index contributed by atoms with van der Waals surface area (Å²) in [6.45, 7) is 2.68. The van der Waals surface area contributed by atoms with Gasteiger partial charge in [0.1, 0.15) is 4.83 Å². The fourth-order valence-electron chi connectivity index (χ4n) is 1.79. The first-order chi connectivity index (χ1) is 9.20. The predicted molar refractivity (Wildman–Crippen MR) is 78.7 cm³/mol. The number of hydrogen-bond acceptors (Lipinski definition) is 5. The standard InChI is InChI=1S/C14H16N2O2S/c1-3-4-5-6-7-8-15-14-16-12-11(13(17)18-14)9-10(2)19-12/h1,9H,4-8H2,2H3,(H,15,16). The highest BCUT2D eigenvalue weighted by atomic mass is 32.1. The van der Waals surface area contributed by atoms with Crippen LogP contribution in [0.5, 0.6) is 0 Å². The van der Waals surface area contributed by atoms with Crippen LogP contribution in [0.4, 0.5) is 6.01 Å². The quantitative estimate of drug-likeness (QED) is 0.650. The van der Waals surface area contributed by atoms with Crippen LogP contribution in [0.25, 0.3) is 10.2 Å². The van der Waals surface area contributed by atoms with E-state index in [1.54, 1.807) is 0 Å². The lowest BCUT2D eigenvalue weighted by Gasteiger charge is -2.02. The van der Waals surface area contributed by atoms with Gasteiger partial charge in [0, 0.05) is 17.8 Å². The maximum absolute atomic E-state index is 11.7. The van der Waals surface area contributed by atoms with Crippen LogP contribution in [0.2, 0.25) is 0 Å². The molecule has 0 spiro atoms. The van der Waals surface area contributed by atoms with Crippen LogP contribution in [0.1, 0.15) is 30.6 Å². The lowest BCUT2D eigenvalue weighted by Crippen LogP contribution is -2.08. The minimum absolute atomic E-state index is 0.302. The van der Waals surface area contributed by atoms with Gasteiger partial charge in [-0.25, -0.2) is 4.79 Å². The Morgan fingerprint density at radius 3 is 3.11 bits per heavy atom. The molecule has 2 heterocycles. The zero-order valence-corrected chi connectivity index (χ0v) is 11.7. The van der Waals surface area contributed by atoms with Crippen LogP contribution in [-0.4, -0.2) is 11.5 Å². The third kappa shape index (κ3) is 3.58. The van der Waals surface area contributed by atoms with Crippen molar-refractivity contribution in [2.24, 2.45) is 0 Å². The fourth-order valence-corrected chi connectivity index (χ4v) is 2.65. The monoisotopic (exact) mass is 276 g/mol. The maximum atomic E-state index is 11.7. The molecule has 5 heteroatoms. The number of aryl methyl sites for hydroxylation is 1. The van der Waals surface area contributed by atoms with E-state index in [2.05, 4.69) is 16.2 Å². The summed E-state index contributed by atoms with van der Waals surface area (Å²) in [5, 5.41) is 3.60. The molecule has 100 valence electrons. The molecule has 2 rings (SSSR count). The van der Waals surface area contributed by atoms with Gasteiger partial charge < -0.3 is 9.73 Å². The number of anilines is 1. The van der Waals surface area contributed by atoms with E-state index in [9.17, 15) is 4.79 Å². The third-order valence-corrected chi connectivity index (χ3v) is 3.67. The van der Waals surface area contributed by atoms with Crippen molar-refractivity contribution in [3.8, 4) is 12.3 Å². The van der Waals surface area contributed by atoms with E-state index in [0.29, 0.717) is 11.4 Å². The molecule has 0 aliphatic carbocycles. The topological polar surface area (TPSA) is 55.1 Å². The number of terminal acetylenes is 1. The Morgan fingerprint density at radius 1 is 1.47 bits per heavy atom. The van der Waals surface area contributed by atoms with Crippen molar-refractivity contribution in [2.45, 2.75) is 32.6 Å². The lowest BCUT2D eigenvalue weighted by molar-refractivity contribution is 0.515. The first-order valence-electron chi connectivity index (χ1n) is 6.29. The fraction of sp³-hybridized carbons (Fsp3) is 0.429. The molecule has 4 nitrogen and oxygen atoms in total. The summed E-state index contributed by atoms with van der Waals surface area (Å²) in [6.07, 6.45) is 9.06. The molecule has 0 amide bonds. The molecule has 0 radical (unpaired) electrons. The normalized spacial score (nSPS) is 10.5. The Morgan fingerprint density at radius 2 is 2.32 bits per heavy atom. The van der Waals surface area contributed by atoms with Crippen molar-refractivity contribution >= 4 is 27.6 Å². The number of nitrogens with one attached hydrogen (secondary N) is 1. The lowest BCUT2D eigenvalue weighted by atomic mass is 10.2. The van der Waals surface area contributed by atoms with E-state index in [0.717, 1.165) is 41.9 Å². The van der Waals surface area contributed by atoms with Crippen molar-refractivity contribution in [1.82, 2.24) is 4.98 Å². The number of thiophene rings is 1. The number of fused-ring (bicyclic) bond motifs is 1. The minimum atomic E-state index is -0.329. The van der Waals surface area contributed by atoms with Crippen LogP contribution < -0.4 is 10.9 Å². The highest BCUT2D eigenvalue weighted by molar-refractivity contribution is 7.18. The molecule has 2 aromatic heterocycles. The molecular weight excluding hydrogens is 260 g/mol. The molecule has 1 N–H and O–H groups in total. The van der Waals surface area contributed by atoms with Crippen molar-refractivity contribution in [2.75, 3.05) is 11.9 Å². The van der Waals surface area contributed by atoms with Crippen molar-refractivity contribution in [1.29, 1.82) is 0 Å². The van der Waals surface area contributed by atoms with Gasteiger partial charge in [-0.05, 0) is 25.8 Å². The van der Waals surface area contributed by atoms with Gasteiger partial charge in [0.15, 0.2) is 0 Å². The SMILES string of the molecule is C#CCCCCCNc1nc2sc(C)cc2c(=O)o1. The van der Waals surface area contributed by atoms with Gasteiger partial charge in [-0.2, -0.15) is 4.98 Å². The average molecular weight is 276 g/mol. The molecule has 0 aromatic carbocycles. The molecule has 0 unspecified atom stereocenters. The van der Waals surface area contributed by atoms with Gasteiger partial charge in [0.25, 0.3) is 6.01 Å². The predicted octanol–water partition coefficient (Wildman–Crippen LogP) is 3.16. The largest absolute Gasteiger partial charge is 0.389 e. The average Bonchev–Trinajstić information content (AvgIpc) is 2.75. The molecule has 0 atom stereocenters. The molecule has 19 heavy (non-hydrogen) atoms. The maximum Gasteiger partial charge on any atom is 0.349 e. The second-order valence-electron chi connectivity index (χ2n) is 4.32. The van der Waals surface area contributed by atoms with Gasteiger partial charge in [-0.3, -0.25) is 0 Å². The second kappa shape index (κ2) is 6.39. The summed E-state index contributed by atoms with van der Waals surface area (Å²) >= 11 is 1.50. The van der Waals surface area contributed by atoms with E-state index < -0.39 is 0 Å². The van der Waals surface area contributed by atoms with Gasteiger partial charge >= 0.3 is 5.63 Å². The van der Waals surface area contributed by atoms with Crippen LogP contribution in [-0.2, 0) is 0 Å². The number of nitrogens with zero attached hydrogens (tertiary/aromatic N) is 1. The number of hydrogen-bond donors (Lipinski definition) is 1. The van der Waals surface area contributed by atoms with E-state index in [4.69, 9.17) is 10.8 Å². The summed E-state index contributed by atoms with van der Waals surface area (Å²) in [6, 6.07) is 2.11. The molecule has 2 aromatic rings. The van der Waals surface area contributed by atoms with Crippen LogP contribution in [0.3, 0.4) is 0 Å². The van der Waals surface area contributed by atoms with Crippen LogP contribution in [0.15, 0.2) is 15.3 Å². The van der Waals surface area contributed by atoms with E-state index in [1.807, 2.05) is 13.0 Å². The van der Waals surface area contributed by atoms with Gasteiger partial charge in [-0.1, -0.05) is 6.42 Å².